The number of fused-ring (bicyclic) bond motifs is 1. The molecule has 0 radical (unpaired) electrons. The molecule has 4 nitrogen and oxygen atoms in total. The van der Waals surface area contributed by atoms with Crippen LogP contribution in [0.25, 0.3) is 6.08 Å². The van der Waals surface area contributed by atoms with E-state index < -0.39 is 6.03 Å². The van der Waals surface area contributed by atoms with Gasteiger partial charge in [0.15, 0.2) is 0 Å². The van der Waals surface area contributed by atoms with Crippen LogP contribution in [0.3, 0.4) is 0 Å². The second-order valence-corrected chi connectivity index (χ2v) is 6.60. The number of primary amides is 1. The highest BCUT2D eigenvalue weighted by Gasteiger charge is 2.43. The number of urea groups is 1. The van der Waals surface area contributed by atoms with Crippen molar-refractivity contribution in [3.63, 3.8) is 0 Å². The number of nitrogens with two attached hydrogens (primary N) is 1. The largest absolute Gasteiger partial charge is 0.350 e. The first kappa shape index (κ1) is 15.6. The van der Waals surface area contributed by atoms with E-state index in [1.54, 1.807) is 0 Å². The number of allylic oxidation sites excluding steroid dienone is 1. The van der Waals surface area contributed by atoms with Crippen LogP contribution in [-0.4, -0.2) is 16.8 Å². The summed E-state index contributed by atoms with van der Waals surface area (Å²) in [6.45, 7) is 0. The molecule has 2 aromatic rings. The SMILES string of the molecule is NC(=O)N1N=C2C(=Cc3ccccc3)CCCC2C1c1ccccc1. The van der Waals surface area contributed by atoms with E-state index >= 15 is 0 Å². The van der Waals surface area contributed by atoms with Crippen molar-refractivity contribution >= 4 is 17.8 Å². The lowest BCUT2D eigenvalue weighted by Gasteiger charge is -2.28. The zero-order valence-corrected chi connectivity index (χ0v) is 14.0. The Balaban J connectivity index is 1.74. The first-order valence-electron chi connectivity index (χ1n) is 8.72. The molecule has 2 amide bonds. The molecule has 2 atom stereocenters. The fourth-order valence-corrected chi connectivity index (χ4v) is 3.92. The van der Waals surface area contributed by atoms with E-state index in [1.807, 2.05) is 48.5 Å². The number of carbonyl (C=O) groups excluding carboxylic acids is 1. The molecule has 4 heteroatoms. The van der Waals surface area contributed by atoms with E-state index in [0.29, 0.717) is 0 Å². The van der Waals surface area contributed by atoms with Crippen molar-refractivity contribution in [2.75, 3.05) is 0 Å². The Bertz CT molecular complexity index is 827. The van der Waals surface area contributed by atoms with Crippen molar-refractivity contribution in [1.29, 1.82) is 0 Å². The van der Waals surface area contributed by atoms with E-state index in [2.05, 4.69) is 23.3 Å². The van der Waals surface area contributed by atoms with Crippen LogP contribution in [-0.2, 0) is 0 Å². The van der Waals surface area contributed by atoms with E-state index in [-0.39, 0.29) is 12.0 Å². The first-order chi connectivity index (χ1) is 12.2. The number of hydrogen-bond acceptors (Lipinski definition) is 2. The predicted octanol–water partition coefficient (Wildman–Crippen LogP) is 4.36. The molecule has 1 fully saturated rings. The van der Waals surface area contributed by atoms with Crippen molar-refractivity contribution in [3.05, 3.63) is 77.4 Å². The molecule has 4 rings (SSSR count). The van der Waals surface area contributed by atoms with Gasteiger partial charge in [0.25, 0.3) is 0 Å². The van der Waals surface area contributed by atoms with Crippen molar-refractivity contribution < 1.29 is 4.79 Å². The number of benzene rings is 2. The van der Waals surface area contributed by atoms with Gasteiger partial charge in [0.05, 0.1) is 11.8 Å². The average Bonchev–Trinajstić information content (AvgIpc) is 3.04. The fraction of sp³-hybridized carbons (Fsp3) is 0.238. The second kappa shape index (κ2) is 6.55. The van der Waals surface area contributed by atoms with Gasteiger partial charge in [-0.25, -0.2) is 9.80 Å². The highest BCUT2D eigenvalue weighted by molar-refractivity contribution is 6.08. The summed E-state index contributed by atoms with van der Waals surface area (Å²) in [5.74, 6) is 0.207. The quantitative estimate of drug-likeness (QED) is 0.873. The highest BCUT2D eigenvalue weighted by atomic mass is 16.2. The third kappa shape index (κ3) is 2.95. The van der Waals surface area contributed by atoms with Crippen LogP contribution in [0, 0.1) is 5.92 Å². The molecule has 126 valence electrons. The molecule has 1 saturated carbocycles. The molecule has 0 saturated heterocycles. The molecule has 2 aromatic carbocycles. The van der Waals surface area contributed by atoms with Crippen molar-refractivity contribution in [2.45, 2.75) is 25.3 Å². The second-order valence-electron chi connectivity index (χ2n) is 6.60. The Kier molecular flexibility index (Phi) is 4.10. The molecule has 25 heavy (non-hydrogen) atoms. The van der Waals surface area contributed by atoms with Gasteiger partial charge in [-0.05, 0) is 42.0 Å². The van der Waals surface area contributed by atoms with E-state index in [1.165, 1.54) is 10.6 Å². The summed E-state index contributed by atoms with van der Waals surface area (Å²) < 4.78 is 0. The lowest BCUT2D eigenvalue weighted by atomic mass is 9.77. The topological polar surface area (TPSA) is 58.7 Å². The smallest absolute Gasteiger partial charge is 0.335 e. The summed E-state index contributed by atoms with van der Waals surface area (Å²) in [7, 11) is 0. The van der Waals surface area contributed by atoms with Crippen LogP contribution in [0.1, 0.15) is 36.4 Å². The number of hydrazone groups is 1. The van der Waals surface area contributed by atoms with Crippen LogP contribution < -0.4 is 5.73 Å². The number of nitrogens with zero attached hydrogens (tertiary/aromatic N) is 2. The van der Waals surface area contributed by atoms with E-state index in [0.717, 1.165) is 36.1 Å². The highest BCUT2D eigenvalue weighted by Crippen LogP contribution is 2.44. The Hall–Kier alpha value is -2.88. The normalized spacial score (nSPS) is 24.1. The molecule has 1 aliphatic heterocycles. The van der Waals surface area contributed by atoms with Gasteiger partial charge < -0.3 is 5.73 Å². The molecular weight excluding hydrogens is 310 g/mol. The third-order valence-corrected chi connectivity index (χ3v) is 5.01. The number of hydrogen-bond donors (Lipinski definition) is 1. The van der Waals surface area contributed by atoms with Gasteiger partial charge in [0.1, 0.15) is 0 Å². The molecule has 0 spiro atoms. The molecular formula is C21H21N3O. The maximum atomic E-state index is 12.0. The van der Waals surface area contributed by atoms with Gasteiger partial charge in [-0.3, -0.25) is 0 Å². The molecule has 0 bridgehead atoms. The molecule has 2 N–H and O–H groups in total. The minimum absolute atomic E-state index is 0.104. The fourth-order valence-electron chi connectivity index (χ4n) is 3.92. The summed E-state index contributed by atoms with van der Waals surface area (Å²) in [5, 5.41) is 6.12. The first-order valence-corrected chi connectivity index (χ1v) is 8.72. The summed E-state index contributed by atoms with van der Waals surface area (Å²) in [5.41, 5.74) is 10.1. The number of amides is 2. The van der Waals surface area contributed by atoms with Crippen molar-refractivity contribution in [3.8, 4) is 0 Å². The van der Waals surface area contributed by atoms with E-state index in [4.69, 9.17) is 5.73 Å². The number of rotatable bonds is 2. The minimum atomic E-state index is -0.491. The Morgan fingerprint density at radius 1 is 1.08 bits per heavy atom. The summed E-state index contributed by atoms with van der Waals surface area (Å²) >= 11 is 0. The van der Waals surface area contributed by atoms with Gasteiger partial charge in [0, 0.05) is 5.92 Å². The van der Waals surface area contributed by atoms with Gasteiger partial charge in [-0.15, -0.1) is 0 Å². The molecule has 0 aromatic heterocycles. The third-order valence-electron chi connectivity index (χ3n) is 5.01. The summed E-state index contributed by atoms with van der Waals surface area (Å²) in [6.07, 6.45) is 5.29. The van der Waals surface area contributed by atoms with Gasteiger partial charge in [-0.2, -0.15) is 5.10 Å². The molecule has 2 unspecified atom stereocenters. The standard InChI is InChI=1S/C21H21N3O/c22-21(25)24-20(16-10-5-2-6-11-16)18-13-7-12-17(19(18)23-24)14-15-8-3-1-4-9-15/h1-6,8-11,14,18,20H,7,12-13H2,(H2,22,25). The number of carbonyl (C=O) groups is 1. The van der Waals surface area contributed by atoms with Crippen LogP contribution in [0.5, 0.6) is 0 Å². The summed E-state index contributed by atoms with van der Waals surface area (Å²) in [4.78, 5) is 12.0. The monoisotopic (exact) mass is 331 g/mol. The van der Waals surface area contributed by atoms with Crippen LogP contribution in [0.2, 0.25) is 0 Å². The van der Waals surface area contributed by atoms with Crippen LogP contribution >= 0.6 is 0 Å². The van der Waals surface area contributed by atoms with Crippen LogP contribution in [0.4, 0.5) is 4.79 Å². The minimum Gasteiger partial charge on any atom is -0.350 e. The zero-order valence-electron chi connectivity index (χ0n) is 14.0. The van der Waals surface area contributed by atoms with Gasteiger partial charge in [-0.1, -0.05) is 60.7 Å². The average molecular weight is 331 g/mol. The Morgan fingerprint density at radius 3 is 2.44 bits per heavy atom. The predicted molar refractivity (Wildman–Crippen MR) is 99.8 cm³/mol. The van der Waals surface area contributed by atoms with Crippen molar-refractivity contribution in [1.82, 2.24) is 5.01 Å². The van der Waals surface area contributed by atoms with Crippen LogP contribution in [0.15, 0.2) is 71.3 Å². The van der Waals surface area contributed by atoms with Gasteiger partial charge >= 0.3 is 6.03 Å². The maximum absolute atomic E-state index is 12.0. The molecule has 2 aliphatic rings. The molecule has 1 aliphatic carbocycles. The van der Waals surface area contributed by atoms with Crippen molar-refractivity contribution in [2.24, 2.45) is 16.8 Å². The summed E-state index contributed by atoms with van der Waals surface area (Å²) in [6, 6.07) is 19.7. The Labute approximate surface area is 147 Å². The Morgan fingerprint density at radius 2 is 1.76 bits per heavy atom. The lowest BCUT2D eigenvalue weighted by Crippen LogP contribution is -2.35. The van der Waals surface area contributed by atoms with Gasteiger partial charge in [0.2, 0.25) is 0 Å². The lowest BCUT2D eigenvalue weighted by molar-refractivity contribution is 0.184. The zero-order chi connectivity index (χ0) is 17.2. The van der Waals surface area contributed by atoms with E-state index in [9.17, 15) is 4.79 Å². The molecule has 1 heterocycles. The maximum Gasteiger partial charge on any atom is 0.335 e.